The highest BCUT2D eigenvalue weighted by molar-refractivity contribution is 5.75. The van der Waals surface area contributed by atoms with Gasteiger partial charge in [-0.1, -0.05) is 13.3 Å². The number of urea groups is 1. The standard InChI is InChI=1S/C16H28N2O3/c1-2-3-10-18(14-8-9-14)16(21)17-11-12-4-6-13(7-5-12)15(19)20/h12-14H,2-11H2,1H3,(H,17,21)(H,19,20). The van der Waals surface area contributed by atoms with Gasteiger partial charge in [-0.3, -0.25) is 4.79 Å². The molecule has 0 aliphatic heterocycles. The monoisotopic (exact) mass is 296 g/mol. The summed E-state index contributed by atoms with van der Waals surface area (Å²) in [5, 5.41) is 12.1. The molecule has 0 aromatic carbocycles. The third kappa shape index (κ3) is 4.90. The molecule has 2 aliphatic carbocycles. The van der Waals surface area contributed by atoms with Crippen LogP contribution in [0.4, 0.5) is 4.79 Å². The third-order valence-electron chi connectivity index (χ3n) is 4.74. The molecule has 0 saturated heterocycles. The maximum atomic E-state index is 12.3. The Bertz CT molecular complexity index is 361. The van der Waals surface area contributed by atoms with Gasteiger partial charge in [-0.15, -0.1) is 0 Å². The number of carboxylic acids is 1. The van der Waals surface area contributed by atoms with Gasteiger partial charge in [-0.25, -0.2) is 4.79 Å². The number of rotatable bonds is 7. The Morgan fingerprint density at radius 1 is 1.14 bits per heavy atom. The summed E-state index contributed by atoms with van der Waals surface area (Å²) < 4.78 is 0. The second-order valence-electron chi connectivity index (χ2n) is 6.52. The molecule has 5 nitrogen and oxygen atoms in total. The van der Waals surface area contributed by atoms with Crippen LogP contribution >= 0.6 is 0 Å². The molecule has 2 aliphatic rings. The van der Waals surface area contributed by atoms with Gasteiger partial charge >= 0.3 is 12.0 Å². The van der Waals surface area contributed by atoms with Crippen molar-refractivity contribution in [2.45, 2.75) is 64.3 Å². The van der Waals surface area contributed by atoms with Gasteiger partial charge in [0, 0.05) is 19.1 Å². The van der Waals surface area contributed by atoms with Crippen molar-refractivity contribution in [3.8, 4) is 0 Å². The average Bonchev–Trinajstić information content (AvgIpc) is 3.30. The molecule has 0 heterocycles. The van der Waals surface area contributed by atoms with Gasteiger partial charge in [0.05, 0.1) is 5.92 Å². The first kappa shape index (κ1) is 16.1. The van der Waals surface area contributed by atoms with Crippen molar-refractivity contribution >= 4 is 12.0 Å². The molecule has 2 amide bonds. The Morgan fingerprint density at radius 3 is 2.33 bits per heavy atom. The number of aliphatic carboxylic acids is 1. The van der Waals surface area contributed by atoms with Crippen LogP contribution in [0.5, 0.6) is 0 Å². The molecule has 0 atom stereocenters. The van der Waals surface area contributed by atoms with E-state index in [2.05, 4.69) is 12.2 Å². The summed E-state index contributed by atoms with van der Waals surface area (Å²) >= 11 is 0. The van der Waals surface area contributed by atoms with Crippen LogP contribution in [0.3, 0.4) is 0 Å². The Labute approximate surface area is 127 Å². The predicted molar refractivity (Wildman–Crippen MR) is 81.1 cm³/mol. The van der Waals surface area contributed by atoms with Crippen LogP contribution in [0.25, 0.3) is 0 Å². The summed E-state index contributed by atoms with van der Waals surface area (Å²) in [6.45, 7) is 3.70. The van der Waals surface area contributed by atoms with Crippen molar-refractivity contribution in [1.82, 2.24) is 10.2 Å². The summed E-state index contributed by atoms with van der Waals surface area (Å²) in [4.78, 5) is 25.2. The lowest BCUT2D eigenvalue weighted by atomic mass is 9.82. The van der Waals surface area contributed by atoms with Crippen LogP contribution in [0.2, 0.25) is 0 Å². The average molecular weight is 296 g/mol. The number of carboxylic acid groups (broad SMARTS) is 1. The molecule has 0 radical (unpaired) electrons. The number of carbonyl (C=O) groups excluding carboxylic acids is 1. The molecule has 0 spiro atoms. The Morgan fingerprint density at radius 2 is 1.81 bits per heavy atom. The van der Waals surface area contributed by atoms with E-state index in [9.17, 15) is 9.59 Å². The second-order valence-corrected chi connectivity index (χ2v) is 6.52. The number of amides is 2. The molecule has 0 aromatic heterocycles. The van der Waals surface area contributed by atoms with Gasteiger partial charge in [0.1, 0.15) is 0 Å². The van der Waals surface area contributed by atoms with Crippen LogP contribution in [0.1, 0.15) is 58.3 Å². The highest BCUT2D eigenvalue weighted by atomic mass is 16.4. The van der Waals surface area contributed by atoms with Crippen molar-refractivity contribution in [1.29, 1.82) is 0 Å². The van der Waals surface area contributed by atoms with Crippen LogP contribution in [0.15, 0.2) is 0 Å². The van der Waals surface area contributed by atoms with Crippen LogP contribution in [0, 0.1) is 11.8 Å². The second kappa shape index (κ2) is 7.66. The topological polar surface area (TPSA) is 69.6 Å². The lowest BCUT2D eigenvalue weighted by Crippen LogP contribution is -2.44. The Hall–Kier alpha value is -1.26. The zero-order valence-corrected chi connectivity index (χ0v) is 13.0. The molecule has 120 valence electrons. The van der Waals surface area contributed by atoms with E-state index in [4.69, 9.17) is 5.11 Å². The molecule has 5 heteroatoms. The normalized spacial score (nSPS) is 25.4. The lowest BCUT2D eigenvalue weighted by Gasteiger charge is -2.28. The summed E-state index contributed by atoms with van der Waals surface area (Å²) in [7, 11) is 0. The minimum atomic E-state index is -0.669. The molecular weight excluding hydrogens is 268 g/mol. The van der Waals surface area contributed by atoms with Crippen LogP contribution in [-0.4, -0.2) is 41.1 Å². The quantitative estimate of drug-likeness (QED) is 0.759. The molecule has 2 N–H and O–H groups in total. The molecule has 2 rings (SSSR count). The summed E-state index contributed by atoms with van der Waals surface area (Å²) in [6.07, 6.45) is 7.77. The number of nitrogens with one attached hydrogen (secondary N) is 1. The number of unbranched alkanes of at least 4 members (excludes halogenated alkanes) is 1. The fourth-order valence-corrected chi connectivity index (χ4v) is 3.11. The van der Waals surface area contributed by atoms with Gasteiger partial charge in [-0.05, 0) is 50.9 Å². The van der Waals surface area contributed by atoms with Crippen molar-refractivity contribution in [3.63, 3.8) is 0 Å². The van der Waals surface area contributed by atoms with E-state index in [-0.39, 0.29) is 11.9 Å². The zero-order chi connectivity index (χ0) is 15.2. The third-order valence-corrected chi connectivity index (χ3v) is 4.74. The van der Waals surface area contributed by atoms with E-state index in [0.29, 0.717) is 18.5 Å². The summed E-state index contributed by atoms with van der Waals surface area (Å²) in [5.41, 5.74) is 0. The summed E-state index contributed by atoms with van der Waals surface area (Å²) in [5.74, 6) is -0.404. The molecule has 2 fully saturated rings. The van der Waals surface area contributed by atoms with Crippen molar-refractivity contribution < 1.29 is 14.7 Å². The van der Waals surface area contributed by atoms with Crippen molar-refractivity contribution in [3.05, 3.63) is 0 Å². The molecule has 0 bridgehead atoms. The number of nitrogens with zero attached hydrogens (tertiary/aromatic N) is 1. The molecule has 21 heavy (non-hydrogen) atoms. The minimum Gasteiger partial charge on any atom is -0.481 e. The first-order valence-corrected chi connectivity index (χ1v) is 8.39. The van der Waals surface area contributed by atoms with Crippen LogP contribution in [-0.2, 0) is 4.79 Å². The number of hydrogen-bond acceptors (Lipinski definition) is 2. The van der Waals surface area contributed by atoms with E-state index in [1.165, 1.54) is 0 Å². The van der Waals surface area contributed by atoms with E-state index < -0.39 is 5.97 Å². The predicted octanol–water partition coefficient (Wildman–Crippen LogP) is 2.85. The largest absolute Gasteiger partial charge is 0.481 e. The van der Waals surface area contributed by atoms with Gasteiger partial charge < -0.3 is 15.3 Å². The van der Waals surface area contributed by atoms with E-state index >= 15 is 0 Å². The molecule has 0 aromatic rings. The maximum Gasteiger partial charge on any atom is 0.317 e. The Kier molecular flexibility index (Phi) is 5.88. The first-order valence-electron chi connectivity index (χ1n) is 8.39. The molecular formula is C16H28N2O3. The number of carbonyl (C=O) groups is 2. The zero-order valence-electron chi connectivity index (χ0n) is 13.0. The Balaban J connectivity index is 1.69. The smallest absolute Gasteiger partial charge is 0.317 e. The highest BCUT2D eigenvalue weighted by Gasteiger charge is 2.32. The first-order chi connectivity index (χ1) is 10.1. The van der Waals surface area contributed by atoms with Gasteiger partial charge in [-0.2, -0.15) is 0 Å². The molecule has 2 saturated carbocycles. The van der Waals surface area contributed by atoms with Crippen molar-refractivity contribution in [2.75, 3.05) is 13.1 Å². The SMILES string of the molecule is CCCCN(C(=O)NCC1CCC(C(=O)O)CC1)C1CC1. The van der Waals surface area contributed by atoms with E-state index in [1.54, 1.807) is 0 Å². The van der Waals surface area contributed by atoms with E-state index in [1.807, 2.05) is 4.90 Å². The van der Waals surface area contributed by atoms with Gasteiger partial charge in [0.25, 0.3) is 0 Å². The maximum absolute atomic E-state index is 12.3. The fraction of sp³-hybridized carbons (Fsp3) is 0.875. The fourth-order valence-electron chi connectivity index (χ4n) is 3.11. The van der Waals surface area contributed by atoms with Gasteiger partial charge in [0.2, 0.25) is 0 Å². The minimum absolute atomic E-state index is 0.0753. The molecule has 0 unspecified atom stereocenters. The summed E-state index contributed by atoms with van der Waals surface area (Å²) in [6, 6.07) is 0.533. The van der Waals surface area contributed by atoms with Gasteiger partial charge in [0.15, 0.2) is 0 Å². The number of hydrogen-bond donors (Lipinski definition) is 2. The lowest BCUT2D eigenvalue weighted by molar-refractivity contribution is -0.143. The van der Waals surface area contributed by atoms with Crippen LogP contribution < -0.4 is 5.32 Å². The van der Waals surface area contributed by atoms with Crippen molar-refractivity contribution in [2.24, 2.45) is 11.8 Å². The van der Waals surface area contributed by atoms with E-state index in [0.717, 1.165) is 57.9 Å². The highest BCUT2D eigenvalue weighted by Crippen LogP contribution is 2.29.